The van der Waals surface area contributed by atoms with E-state index in [1.807, 2.05) is 45.0 Å². The Bertz CT molecular complexity index is 607. The van der Waals surface area contributed by atoms with Crippen LogP contribution >= 0.6 is 15.9 Å². The third kappa shape index (κ3) is 3.27. The van der Waals surface area contributed by atoms with Crippen LogP contribution in [0.3, 0.4) is 0 Å². The predicted molar refractivity (Wildman–Crippen MR) is 87.1 cm³/mol. The number of benzene rings is 1. The second kappa shape index (κ2) is 5.57. The Balaban J connectivity index is 1.65. The number of aliphatic imine (C=N–C) groups is 1. The minimum Gasteiger partial charge on any atom is -0.470 e. The highest BCUT2D eigenvalue weighted by molar-refractivity contribution is 9.10. The molecule has 1 amide bonds. The highest BCUT2D eigenvalue weighted by Gasteiger charge is 2.42. The minimum atomic E-state index is -0.485. The van der Waals surface area contributed by atoms with Gasteiger partial charge < -0.3 is 14.4 Å². The number of hydrogen-bond acceptors (Lipinski definition) is 4. The number of hydrogen-bond donors (Lipinski definition) is 0. The van der Waals surface area contributed by atoms with Gasteiger partial charge in [0.2, 0.25) is 5.90 Å². The molecule has 1 saturated heterocycles. The molecule has 2 aliphatic heterocycles. The molecule has 2 atom stereocenters. The lowest BCUT2D eigenvalue weighted by molar-refractivity contribution is 0.0272. The molecule has 0 bridgehead atoms. The van der Waals surface area contributed by atoms with Crippen LogP contribution in [0.1, 0.15) is 26.3 Å². The van der Waals surface area contributed by atoms with Crippen molar-refractivity contribution in [1.29, 1.82) is 0 Å². The molecule has 0 spiro atoms. The van der Waals surface area contributed by atoms with Gasteiger partial charge in [-0.25, -0.2) is 9.79 Å². The van der Waals surface area contributed by atoms with E-state index in [0.29, 0.717) is 19.0 Å². The van der Waals surface area contributed by atoms with Gasteiger partial charge in [-0.05, 0) is 45.0 Å². The average Bonchev–Trinajstić information content (AvgIpc) is 2.95. The van der Waals surface area contributed by atoms with Crippen LogP contribution in [0.5, 0.6) is 0 Å². The van der Waals surface area contributed by atoms with Gasteiger partial charge in [-0.2, -0.15) is 0 Å². The van der Waals surface area contributed by atoms with E-state index in [-0.39, 0.29) is 18.2 Å². The topological polar surface area (TPSA) is 51.1 Å². The van der Waals surface area contributed by atoms with E-state index in [1.165, 1.54) is 0 Å². The summed E-state index contributed by atoms with van der Waals surface area (Å²) >= 11 is 3.41. The van der Waals surface area contributed by atoms with E-state index in [0.717, 1.165) is 10.0 Å². The molecule has 1 aromatic rings. The molecule has 1 fully saturated rings. The Labute approximate surface area is 138 Å². The van der Waals surface area contributed by atoms with Crippen molar-refractivity contribution < 1.29 is 14.3 Å². The largest absolute Gasteiger partial charge is 0.470 e. The van der Waals surface area contributed by atoms with Gasteiger partial charge in [-0.15, -0.1) is 0 Å². The van der Waals surface area contributed by atoms with Crippen molar-refractivity contribution in [2.24, 2.45) is 4.99 Å². The zero-order chi connectivity index (χ0) is 15.9. The molecular weight excluding hydrogens is 348 g/mol. The molecule has 2 heterocycles. The average molecular weight is 367 g/mol. The zero-order valence-corrected chi connectivity index (χ0v) is 14.5. The molecule has 0 N–H and O–H groups in total. The maximum Gasteiger partial charge on any atom is 0.410 e. The molecular formula is C16H19BrN2O3. The minimum absolute atomic E-state index is 0.00818. The van der Waals surface area contributed by atoms with Crippen molar-refractivity contribution in [3.8, 4) is 0 Å². The number of carbonyl (C=O) groups excluding carboxylic acids is 1. The molecule has 0 radical (unpaired) electrons. The second-order valence-corrected chi connectivity index (χ2v) is 7.47. The Hall–Kier alpha value is -1.56. The van der Waals surface area contributed by atoms with Crippen molar-refractivity contribution in [3.63, 3.8) is 0 Å². The predicted octanol–water partition coefficient (Wildman–Crippen LogP) is 3.21. The van der Waals surface area contributed by atoms with Crippen molar-refractivity contribution in [2.45, 2.75) is 38.5 Å². The molecule has 6 heteroatoms. The quantitative estimate of drug-likeness (QED) is 0.766. The van der Waals surface area contributed by atoms with E-state index >= 15 is 0 Å². The lowest BCUT2D eigenvalue weighted by atomic mass is 10.2. The molecule has 2 aliphatic rings. The fraction of sp³-hybridized carbons (Fsp3) is 0.500. The van der Waals surface area contributed by atoms with Gasteiger partial charge in [-0.1, -0.05) is 15.9 Å². The summed E-state index contributed by atoms with van der Waals surface area (Å²) in [5.41, 5.74) is 0.475. The molecule has 3 rings (SSSR count). The first-order valence-electron chi connectivity index (χ1n) is 7.30. The molecule has 2 unspecified atom stereocenters. The van der Waals surface area contributed by atoms with Gasteiger partial charge in [0.15, 0.2) is 0 Å². The summed E-state index contributed by atoms with van der Waals surface area (Å²) in [6.45, 7) is 6.65. The monoisotopic (exact) mass is 366 g/mol. The number of halogens is 1. The van der Waals surface area contributed by atoms with Crippen LogP contribution < -0.4 is 0 Å². The standard InChI is InChI=1S/C16H19BrN2O3/c1-16(2,3)22-15(20)19-8-12-13(9-19)21-14(18-12)10-4-6-11(17)7-5-10/h4-7,12-13H,8-9H2,1-3H3. The first-order chi connectivity index (χ1) is 10.3. The molecule has 22 heavy (non-hydrogen) atoms. The van der Waals surface area contributed by atoms with Crippen LogP contribution in [-0.2, 0) is 9.47 Å². The van der Waals surface area contributed by atoms with Crippen LogP contribution in [0, 0.1) is 0 Å². The van der Waals surface area contributed by atoms with E-state index in [4.69, 9.17) is 9.47 Å². The van der Waals surface area contributed by atoms with Crippen LogP contribution in [0.4, 0.5) is 4.79 Å². The van der Waals surface area contributed by atoms with Crippen LogP contribution in [-0.4, -0.2) is 47.7 Å². The van der Waals surface area contributed by atoms with Gasteiger partial charge >= 0.3 is 6.09 Å². The van der Waals surface area contributed by atoms with Gasteiger partial charge in [0.25, 0.3) is 0 Å². The molecule has 0 aromatic heterocycles. The van der Waals surface area contributed by atoms with Gasteiger partial charge in [0.05, 0.1) is 13.1 Å². The van der Waals surface area contributed by atoms with Gasteiger partial charge in [-0.3, -0.25) is 0 Å². The zero-order valence-electron chi connectivity index (χ0n) is 12.9. The Morgan fingerprint density at radius 1 is 1.32 bits per heavy atom. The first kappa shape index (κ1) is 15.3. The normalized spacial score (nSPS) is 23.8. The summed E-state index contributed by atoms with van der Waals surface area (Å²) < 4.78 is 12.3. The Kier molecular flexibility index (Phi) is 3.89. The number of likely N-dealkylation sites (tertiary alicyclic amines) is 1. The third-order valence-corrected chi connectivity index (χ3v) is 4.05. The Morgan fingerprint density at radius 3 is 2.59 bits per heavy atom. The molecule has 1 aromatic carbocycles. The SMILES string of the molecule is CC(C)(C)OC(=O)N1CC2N=C(c3ccc(Br)cc3)OC2C1. The summed E-state index contributed by atoms with van der Waals surface area (Å²) in [6, 6.07) is 7.85. The Morgan fingerprint density at radius 2 is 2.00 bits per heavy atom. The fourth-order valence-electron chi connectivity index (χ4n) is 2.53. The maximum absolute atomic E-state index is 12.1. The number of ether oxygens (including phenoxy) is 2. The lowest BCUT2D eigenvalue weighted by Gasteiger charge is -2.24. The van der Waals surface area contributed by atoms with E-state index in [1.54, 1.807) is 4.90 Å². The van der Waals surface area contributed by atoms with Crippen LogP contribution in [0.2, 0.25) is 0 Å². The molecule has 0 aliphatic carbocycles. The van der Waals surface area contributed by atoms with Gasteiger partial charge in [0, 0.05) is 10.0 Å². The highest BCUT2D eigenvalue weighted by Crippen LogP contribution is 2.27. The highest BCUT2D eigenvalue weighted by atomic mass is 79.9. The van der Waals surface area contributed by atoms with Crippen LogP contribution in [0.25, 0.3) is 0 Å². The smallest absolute Gasteiger partial charge is 0.410 e. The number of carbonyl (C=O) groups is 1. The number of amides is 1. The summed E-state index contributed by atoms with van der Waals surface area (Å²) in [5, 5.41) is 0. The number of rotatable bonds is 1. The summed E-state index contributed by atoms with van der Waals surface area (Å²) in [5.74, 6) is 0.659. The van der Waals surface area contributed by atoms with Crippen molar-refractivity contribution in [2.75, 3.05) is 13.1 Å². The second-order valence-electron chi connectivity index (χ2n) is 6.55. The summed E-state index contributed by atoms with van der Waals surface area (Å²) in [7, 11) is 0. The van der Waals surface area contributed by atoms with Crippen molar-refractivity contribution >= 4 is 27.9 Å². The third-order valence-electron chi connectivity index (χ3n) is 3.53. The number of fused-ring (bicyclic) bond motifs is 1. The van der Waals surface area contributed by atoms with Crippen molar-refractivity contribution in [1.82, 2.24) is 4.90 Å². The fourth-order valence-corrected chi connectivity index (χ4v) is 2.80. The molecule has 0 saturated carbocycles. The summed E-state index contributed by atoms with van der Waals surface area (Å²) in [4.78, 5) is 18.4. The van der Waals surface area contributed by atoms with E-state index in [2.05, 4.69) is 20.9 Å². The summed E-state index contributed by atoms with van der Waals surface area (Å²) in [6.07, 6.45) is -0.378. The van der Waals surface area contributed by atoms with Crippen LogP contribution in [0.15, 0.2) is 33.7 Å². The van der Waals surface area contributed by atoms with Crippen molar-refractivity contribution in [3.05, 3.63) is 34.3 Å². The maximum atomic E-state index is 12.1. The number of nitrogens with zero attached hydrogens (tertiary/aromatic N) is 2. The lowest BCUT2D eigenvalue weighted by Crippen LogP contribution is -2.36. The molecule has 118 valence electrons. The molecule has 5 nitrogen and oxygen atoms in total. The van der Waals surface area contributed by atoms with Gasteiger partial charge in [0.1, 0.15) is 17.7 Å². The van der Waals surface area contributed by atoms with E-state index < -0.39 is 5.60 Å². The van der Waals surface area contributed by atoms with E-state index in [9.17, 15) is 4.79 Å². The first-order valence-corrected chi connectivity index (χ1v) is 8.09.